The molecule has 150 valence electrons. The van der Waals surface area contributed by atoms with Gasteiger partial charge in [0, 0.05) is 30.2 Å². The van der Waals surface area contributed by atoms with E-state index in [9.17, 15) is 19.2 Å². The Morgan fingerprint density at radius 2 is 1.75 bits per heavy atom. The van der Waals surface area contributed by atoms with Gasteiger partial charge in [-0.05, 0) is 26.8 Å². The zero-order valence-corrected chi connectivity index (χ0v) is 16.4. The van der Waals surface area contributed by atoms with Crippen LogP contribution < -0.4 is 5.32 Å². The summed E-state index contributed by atoms with van der Waals surface area (Å²) >= 11 is 0. The van der Waals surface area contributed by atoms with E-state index in [1.807, 2.05) is 13.8 Å². The molecule has 1 heterocycles. The lowest BCUT2D eigenvalue weighted by atomic mass is 10.1. The van der Waals surface area contributed by atoms with Gasteiger partial charge in [-0.3, -0.25) is 19.2 Å². The number of amides is 2. The first-order chi connectivity index (χ1) is 13.4. The molecule has 0 unspecified atom stereocenters. The molecule has 2 rings (SSSR count). The van der Waals surface area contributed by atoms with Gasteiger partial charge in [0.05, 0.1) is 12.2 Å². The van der Waals surface area contributed by atoms with E-state index in [1.165, 1.54) is 6.20 Å². The fourth-order valence-electron chi connectivity index (χ4n) is 2.95. The van der Waals surface area contributed by atoms with Crippen molar-refractivity contribution in [3.8, 4) is 0 Å². The Morgan fingerprint density at radius 1 is 1.07 bits per heavy atom. The van der Waals surface area contributed by atoms with Crippen molar-refractivity contribution in [1.82, 2.24) is 14.8 Å². The third-order valence-electron chi connectivity index (χ3n) is 4.36. The average Bonchev–Trinajstić information content (AvgIpc) is 3.05. The van der Waals surface area contributed by atoms with E-state index in [4.69, 9.17) is 4.74 Å². The average molecular weight is 387 g/mol. The number of likely N-dealkylation sites (N-methyl/N-ethyl adjacent to an activating group) is 1. The second kappa shape index (κ2) is 9.68. The van der Waals surface area contributed by atoms with Crippen LogP contribution in [0.3, 0.4) is 0 Å². The first-order valence-electron chi connectivity index (χ1n) is 9.26. The molecule has 0 aliphatic heterocycles. The van der Waals surface area contributed by atoms with Crippen LogP contribution in [-0.4, -0.2) is 59.3 Å². The zero-order chi connectivity index (χ0) is 20.7. The second-order valence-electron chi connectivity index (χ2n) is 6.07. The van der Waals surface area contributed by atoms with E-state index in [-0.39, 0.29) is 31.2 Å². The number of carbonyl (C=O) groups is 4. The highest BCUT2D eigenvalue weighted by Crippen LogP contribution is 2.22. The Hall–Kier alpha value is -3.16. The Labute approximate surface area is 163 Å². The molecular weight excluding hydrogens is 362 g/mol. The lowest BCUT2D eigenvalue weighted by molar-refractivity contribution is -0.143. The van der Waals surface area contributed by atoms with Gasteiger partial charge >= 0.3 is 5.97 Å². The number of fused-ring (bicyclic) bond motifs is 1. The number of hydrogen-bond donors (Lipinski definition) is 1. The molecule has 8 nitrogen and oxygen atoms in total. The standard InChI is InChI=1S/C20H25N3O5/c1-4-22(5-2)17(24)13-23-12-15(14-9-7-8-10-16(14)23)19(26)20(27)21-11-18(25)28-6-3/h7-10,12H,4-6,11,13H2,1-3H3,(H,21,27). The van der Waals surface area contributed by atoms with E-state index < -0.39 is 17.7 Å². The molecule has 2 aromatic rings. The summed E-state index contributed by atoms with van der Waals surface area (Å²) in [5.74, 6) is -2.35. The monoisotopic (exact) mass is 387 g/mol. The number of Topliss-reactive ketones (excluding diaryl/α,β-unsaturated/α-hetero) is 1. The zero-order valence-electron chi connectivity index (χ0n) is 16.4. The molecule has 0 saturated carbocycles. The minimum atomic E-state index is -0.897. The summed E-state index contributed by atoms with van der Waals surface area (Å²) in [7, 11) is 0. The van der Waals surface area contributed by atoms with Gasteiger partial charge in [-0.1, -0.05) is 18.2 Å². The smallest absolute Gasteiger partial charge is 0.325 e. The summed E-state index contributed by atoms with van der Waals surface area (Å²) in [5.41, 5.74) is 0.869. The van der Waals surface area contributed by atoms with E-state index in [2.05, 4.69) is 5.32 Å². The van der Waals surface area contributed by atoms with Gasteiger partial charge in [-0.2, -0.15) is 0 Å². The topological polar surface area (TPSA) is 97.7 Å². The van der Waals surface area contributed by atoms with Crippen LogP contribution in [0, 0.1) is 0 Å². The van der Waals surface area contributed by atoms with E-state index in [0.29, 0.717) is 24.0 Å². The van der Waals surface area contributed by atoms with Crippen molar-refractivity contribution in [2.75, 3.05) is 26.2 Å². The molecule has 0 aliphatic rings. The van der Waals surface area contributed by atoms with Crippen LogP contribution in [0.1, 0.15) is 31.1 Å². The van der Waals surface area contributed by atoms with Crippen molar-refractivity contribution < 1.29 is 23.9 Å². The van der Waals surface area contributed by atoms with Gasteiger partial charge in [0.1, 0.15) is 13.1 Å². The lowest BCUT2D eigenvalue weighted by Gasteiger charge is -2.19. The molecule has 1 aromatic heterocycles. The molecule has 0 saturated heterocycles. The highest BCUT2D eigenvalue weighted by Gasteiger charge is 2.23. The fraction of sp³-hybridized carbons (Fsp3) is 0.400. The number of benzene rings is 1. The largest absolute Gasteiger partial charge is 0.465 e. The van der Waals surface area contributed by atoms with Crippen LogP contribution in [0.5, 0.6) is 0 Å². The normalized spacial score (nSPS) is 10.5. The molecule has 8 heteroatoms. The van der Waals surface area contributed by atoms with Gasteiger partial charge in [0.25, 0.3) is 11.7 Å². The number of nitrogens with one attached hydrogen (secondary N) is 1. The maximum absolute atomic E-state index is 12.6. The third kappa shape index (κ3) is 4.76. The summed E-state index contributed by atoms with van der Waals surface area (Å²) in [6, 6.07) is 7.07. The summed E-state index contributed by atoms with van der Waals surface area (Å²) in [6.07, 6.45) is 1.51. The maximum atomic E-state index is 12.6. The van der Waals surface area contributed by atoms with Gasteiger partial charge in [0.2, 0.25) is 5.91 Å². The summed E-state index contributed by atoms with van der Waals surface area (Å²) < 4.78 is 6.40. The van der Waals surface area contributed by atoms with Crippen molar-refractivity contribution >= 4 is 34.5 Å². The van der Waals surface area contributed by atoms with Crippen molar-refractivity contribution in [1.29, 1.82) is 0 Å². The molecule has 1 aromatic carbocycles. The fourth-order valence-corrected chi connectivity index (χ4v) is 2.95. The van der Waals surface area contributed by atoms with E-state index >= 15 is 0 Å². The second-order valence-corrected chi connectivity index (χ2v) is 6.07. The molecule has 0 aliphatic carbocycles. The molecular formula is C20H25N3O5. The molecule has 0 fully saturated rings. The molecule has 0 spiro atoms. The van der Waals surface area contributed by atoms with Crippen LogP contribution in [0.15, 0.2) is 30.5 Å². The number of esters is 1. The van der Waals surface area contributed by atoms with Crippen LogP contribution in [0.4, 0.5) is 0 Å². The van der Waals surface area contributed by atoms with Gasteiger partial charge < -0.3 is 19.5 Å². The van der Waals surface area contributed by atoms with Crippen molar-refractivity contribution in [2.24, 2.45) is 0 Å². The SMILES string of the molecule is CCOC(=O)CNC(=O)C(=O)c1cn(CC(=O)N(CC)CC)c2ccccc12. The van der Waals surface area contributed by atoms with Gasteiger partial charge in [-0.15, -0.1) is 0 Å². The number of ketones is 1. The quantitative estimate of drug-likeness (QED) is 0.398. The Balaban J connectivity index is 2.25. The number of carbonyl (C=O) groups excluding carboxylic acids is 4. The summed E-state index contributed by atoms with van der Waals surface area (Å²) in [4.78, 5) is 50.3. The molecule has 1 N–H and O–H groups in total. The first-order valence-corrected chi connectivity index (χ1v) is 9.26. The first kappa shape index (κ1) is 21.1. The summed E-state index contributed by atoms with van der Waals surface area (Å²) in [5, 5.41) is 2.84. The highest BCUT2D eigenvalue weighted by molar-refractivity contribution is 6.45. The molecule has 0 atom stereocenters. The van der Waals surface area contributed by atoms with Crippen LogP contribution in [0.2, 0.25) is 0 Å². The summed E-state index contributed by atoms with van der Waals surface area (Å²) in [6.45, 7) is 6.52. The molecule has 0 radical (unpaired) electrons. The predicted octanol–water partition coefficient (Wildman–Crippen LogP) is 1.37. The van der Waals surface area contributed by atoms with Crippen molar-refractivity contribution in [2.45, 2.75) is 27.3 Å². The number of nitrogens with zero attached hydrogens (tertiary/aromatic N) is 2. The number of rotatable bonds is 9. The minimum absolute atomic E-state index is 0.0694. The Bertz CT molecular complexity index is 883. The van der Waals surface area contributed by atoms with Crippen molar-refractivity contribution in [3.05, 3.63) is 36.0 Å². The number of para-hydroxylation sites is 1. The predicted molar refractivity (Wildman–Crippen MR) is 104 cm³/mol. The van der Waals surface area contributed by atoms with Gasteiger partial charge in [0.15, 0.2) is 0 Å². The minimum Gasteiger partial charge on any atom is -0.465 e. The van der Waals surface area contributed by atoms with Crippen LogP contribution >= 0.6 is 0 Å². The third-order valence-corrected chi connectivity index (χ3v) is 4.36. The maximum Gasteiger partial charge on any atom is 0.325 e. The molecule has 28 heavy (non-hydrogen) atoms. The number of ether oxygens (including phenoxy) is 1. The van der Waals surface area contributed by atoms with Crippen LogP contribution in [-0.2, 0) is 25.7 Å². The highest BCUT2D eigenvalue weighted by atomic mass is 16.5. The number of aromatic nitrogens is 1. The Kier molecular flexibility index (Phi) is 7.31. The van der Waals surface area contributed by atoms with Crippen molar-refractivity contribution in [3.63, 3.8) is 0 Å². The van der Waals surface area contributed by atoms with E-state index in [1.54, 1.807) is 40.7 Å². The van der Waals surface area contributed by atoms with Gasteiger partial charge in [-0.25, -0.2) is 0 Å². The Morgan fingerprint density at radius 3 is 2.39 bits per heavy atom. The van der Waals surface area contributed by atoms with E-state index in [0.717, 1.165) is 0 Å². The van der Waals surface area contributed by atoms with Crippen LogP contribution in [0.25, 0.3) is 10.9 Å². The molecule has 2 amide bonds. The lowest BCUT2D eigenvalue weighted by Crippen LogP contribution is -2.35. The molecule has 0 bridgehead atoms. The number of hydrogen-bond acceptors (Lipinski definition) is 5.